The number of hydrogen-bond donors (Lipinski definition) is 2. The summed E-state index contributed by atoms with van der Waals surface area (Å²) >= 11 is 0. The van der Waals surface area contributed by atoms with E-state index in [-0.39, 0.29) is 35.8 Å². The molecule has 0 aromatic carbocycles. The van der Waals surface area contributed by atoms with Crippen molar-refractivity contribution < 1.29 is 9.59 Å². The first-order valence-corrected chi connectivity index (χ1v) is 10.1. The van der Waals surface area contributed by atoms with Crippen LogP contribution in [0, 0.1) is 0 Å². The molecule has 0 aromatic rings. The summed E-state index contributed by atoms with van der Waals surface area (Å²) in [7, 11) is 0. The topological polar surface area (TPSA) is 77.0 Å². The molecule has 1 atom stereocenters. The number of aliphatic imine (C=N–C) groups is 1. The second-order valence-electron chi connectivity index (χ2n) is 6.69. The molecule has 8 heteroatoms. The van der Waals surface area contributed by atoms with Gasteiger partial charge in [-0.15, -0.1) is 24.0 Å². The number of nitrogens with zero attached hydrogens (tertiary/aromatic N) is 3. The molecular weight excluding hydrogens is 457 g/mol. The van der Waals surface area contributed by atoms with Crippen LogP contribution in [0.15, 0.2) is 4.99 Å². The molecule has 27 heavy (non-hydrogen) atoms. The molecule has 1 saturated heterocycles. The fraction of sp³-hybridized carbons (Fsp3) is 0.842. The Kier molecular flexibility index (Phi) is 14.3. The Morgan fingerprint density at radius 1 is 1.11 bits per heavy atom. The van der Waals surface area contributed by atoms with Gasteiger partial charge in [0.15, 0.2) is 5.96 Å². The maximum Gasteiger partial charge on any atom is 0.224 e. The minimum absolute atomic E-state index is 0. The monoisotopic (exact) mass is 495 g/mol. The lowest BCUT2D eigenvalue weighted by atomic mass is 10.0. The lowest BCUT2D eigenvalue weighted by Crippen LogP contribution is -2.44. The van der Waals surface area contributed by atoms with E-state index in [9.17, 15) is 9.59 Å². The predicted molar refractivity (Wildman–Crippen MR) is 122 cm³/mol. The van der Waals surface area contributed by atoms with Crippen LogP contribution in [0.25, 0.3) is 0 Å². The fourth-order valence-corrected chi connectivity index (χ4v) is 3.24. The summed E-state index contributed by atoms with van der Waals surface area (Å²) in [6.45, 7) is 12.2. The summed E-state index contributed by atoms with van der Waals surface area (Å²) < 4.78 is 0. The molecule has 1 rings (SSSR count). The Morgan fingerprint density at radius 2 is 1.81 bits per heavy atom. The van der Waals surface area contributed by atoms with Crippen molar-refractivity contribution in [3.05, 3.63) is 0 Å². The molecule has 1 unspecified atom stereocenters. The number of piperidine rings is 1. The van der Waals surface area contributed by atoms with E-state index >= 15 is 0 Å². The number of halogens is 1. The van der Waals surface area contributed by atoms with E-state index in [1.807, 2.05) is 30.6 Å². The molecule has 1 fully saturated rings. The fourth-order valence-electron chi connectivity index (χ4n) is 3.24. The van der Waals surface area contributed by atoms with Gasteiger partial charge in [0.1, 0.15) is 0 Å². The molecule has 0 aliphatic carbocycles. The number of carbonyl (C=O) groups excluding carboxylic acids is 2. The van der Waals surface area contributed by atoms with Gasteiger partial charge >= 0.3 is 0 Å². The molecular formula is C19H38IN5O2. The molecule has 7 nitrogen and oxygen atoms in total. The van der Waals surface area contributed by atoms with E-state index < -0.39 is 0 Å². The highest BCUT2D eigenvalue weighted by atomic mass is 127. The number of rotatable bonds is 9. The first-order valence-electron chi connectivity index (χ1n) is 10.1. The second kappa shape index (κ2) is 14.9. The van der Waals surface area contributed by atoms with Crippen LogP contribution in [0.5, 0.6) is 0 Å². The number of amides is 2. The highest BCUT2D eigenvalue weighted by molar-refractivity contribution is 14.0. The molecule has 158 valence electrons. The van der Waals surface area contributed by atoms with E-state index in [0.717, 1.165) is 39.0 Å². The molecule has 0 bridgehead atoms. The Hall–Kier alpha value is -1.06. The lowest BCUT2D eigenvalue weighted by molar-refractivity contribution is -0.134. The van der Waals surface area contributed by atoms with Gasteiger partial charge in [-0.2, -0.15) is 0 Å². The third-order valence-electron chi connectivity index (χ3n) is 4.81. The Bertz CT molecular complexity index is 469. The second-order valence-corrected chi connectivity index (χ2v) is 6.69. The zero-order valence-electron chi connectivity index (χ0n) is 17.4. The van der Waals surface area contributed by atoms with Crippen LogP contribution in [-0.4, -0.2) is 72.9 Å². The third-order valence-corrected chi connectivity index (χ3v) is 4.81. The number of hydrogen-bond acceptors (Lipinski definition) is 3. The number of carbonyl (C=O) groups is 2. The van der Waals surface area contributed by atoms with Crippen molar-refractivity contribution in [2.75, 3.05) is 39.3 Å². The van der Waals surface area contributed by atoms with E-state index in [1.54, 1.807) is 0 Å². The minimum atomic E-state index is 0. The quantitative estimate of drug-likeness (QED) is 0.292. The summed E-state index contributed by atoms with van der Waals surface area (Å²) in [5.74, 6) is 1.00. The van der Waals surface area contributed by atoms with Crippen LogP contribution in [-0.2, 0) is 9.59 Å². The van der Waals surface area contributed by atoms with Gasteiger partial charge in [0.05, 0.1) is 6.54 Å². The summed E-state index contributed by atoms with van der Waals surface area (Å²) in [5.41, 5.74) is 0. The predicted octanol–water partition coefficient (Wildman–Crippen LogP) is 2.21. The van der Waals surface area contributed by atoms with Crippen LogP contribution < -0.4 is 10.6 Å². The van der Waals surface area contributed by atoms with E-state index in [0.29, 0.717) is 37.9 Å². The molecule has 0 saturated carbocycles. The number of likely N-dealkylation sites (tertiary alicyclic amines) is 1. The summed E-state index contributed by atoms with van der Waals surface area (Å²) in [5, 5.41) is 6.37. The van der Waals surface area contributed by atoms with Gasteiger partial charge in [0.2, 0.25) is 11.8 Å². The molecule has 0 aromatic heterocycles. The van der Waals surface area contributed by atoms with Crippen LogP contribution in [0.4, 0.5) is 0 Å². The third kappa shape index (κ3) is 9.62. The van der Waals surface area contributed by atoms with Gasteiger partial charge in [-0.25, -0.2) is 0 Å². The summed E-state index contributed by atoms with van der Waals surface area (Å²) in [4.78, 5) is 32.6. The van der Waals surface area contributed by atoms with Gasteiger partial charge in [0.25, 0.3) is 0 Å². The first kappa shape index (κ1) is 25.9. The SMILES string of the molecule is CCNC(=NCCC(=O)N(CC)CC)NCCC(=O)N1CCCCC1C.I. The normalized spacial score (nSPS) is 17.1. The lowest BCUT2D eigenvalue weighted by Gasteiger charge is -2.33. The van der Waals surface area contributed by atoms with Crippen LogP contribution in [0.1, 0.15) is 59.8 Å². The highest BCUT2D eigenvalue weighted by Gasteiger charge is 2.22. The molecule has 0 radical (unpaired) electrons. The zero-order chi connectivity index (χ0) is 19.4. The highest BCUT2D eigenvalue weighted by Crippen LogP contribution is 2.16. The van der Waals surface area contributed by atoms with Crippen LogP contribution in [0.3, 0.4) is 0 Å². The van der Waals surface area contributed by atoms with E-state index in [4.69, 9.17) is 0 Å². The van der Waals surface area contributed by atoms with Gasteiger partial charge in [0, 0.05) is 51.6 Å². The van der Waals surface area contributed by atoms with Crippen molar-refractivity contribution in [3.8, 4) is 0 Å². The molecule has 1 heterocycles. The smallest absolute Gasteiger partial charge is 0.224 e. The van der Waals surface area contributed by atoms with Crippen molar-refractivity contribution >= 4 is 41.8 Å². The van der Waals surface area contributed by atoms with Gasteiger partial charge in [-0.3, -0.25) is 14.6 Å². The van der Waals surface area contributed by atoms with Crippen molar-refractivity contribution in [3.63, 3.8) is 0 Å². The standard InChI is InChI=1S/C19H37N5O2.HI/c1-5-20-19(21-13-11-17(25)23(6-2)7-3)22-14-12-18(26)24-15-9-8-10-16(24)4;/h16H,5-15H2,1-4H3,(H2,20,21,22);1H. The maximum absolute atomic E-state index is 12.4. The molecule has 1 aliphatic rings. The van der Waals surface area contributed by atoms with Gasteiger partial charge < -0.3 is 20.4 Å². The summed E-state index contributed by atoms with van der Waals surface area (Å²) in [6, 6.07) is 0.351. The number of nitrogens with one attached hydrogen (secondary N) is 2. The Morgan fingerprint density at radius 3 is 2.41 bits per heavy atom. The van der Waals surface area contributed by atoms with Crippen LogP contribution >= 0.6 is 24.0 Å². The van der Waals surface area contributed by atoms with Crippen molar-refractivity contribution in [2.24, 2.45) is 4.99 Å². The molecule has 2 N–H and O–H groups in total. The van der Waals surface area contributed by atoms with Crippen molar-refractivity contribution in [1.82, 2.24) is 20.4 Å². The van der Waals surface area contributed by atoms with Gasteiger partial charge in [-0.1, -0.05) is 0 Å². The Labute approximate surface area is 181 Å². The molecule has 2 amide bonds. The molecule has 1 aliphatic heterocycles. The minimum Gasteiger partial charge on any atom is -0.357 e. The average molecular weight is 495 g/mol. The zero-order valence-corrected chi connectivity index (χ0v) is 19.8. The first-order chi connectivity index (χ1) is 12.5. The van der Waals surface area contributed by atoms with E-state index in [2.05, 4.69) is 22.5 Å². The molecule has 0 spiro atoms. The maximum atomic E-state index is 12.4. The average Bonchev–Trinajstić information content (AvgIpc) is 2.63. The van der Waals surface area contributed by atoms with Crippen LogP contribution in [0.2, 0.25) is 0 Å². The van der Waals surface area contributed by atoms with Gasteiger partial charge in [-0.05, 0) is 47.0 Å². The Balaban J connectivity index is 0.00000676. The number of guanidine groups is 1. The van der Waals surface area contributed by atoms with Crippen molar-refractivity contribution in [1.29, 1.82) is 0 Å². The summed E-state index contributed by atoms with van der Waals surface area (Å²) in [6.07, 6.45) is 4.29. The largest absolute Gasteiger partial charge is 0.357 e. The van der Waals surface area contributed by atoms with E-state index in [1.165, 1.54) is 6.42 Å². The van der Waals surface area contributed by atoms with Crippen molar-refractivity contribution in [2.45, 2.75) is 65.8 Å².